The first-order valence-electron chi connectivity index (χ1n) is 6.47. The van der Waals surface area contributed by atoms with E-state index in [2.05, 4.69) is 5.32 Å². The molecular weight excluding hydrogens is 236 g/mol. The fraction of sp³-hybridized carbons (Fsp3) is 0.833. The fourth-order valence-electron chi connectivity index (χ4n) is 2.51. The van der Waals surface area contributed by atoms with Crippen LogP contribution in [-0.2, 0) is 9.59 Å². The molecule has 2 fully saturated rings. The van der Waals surface area contributed by atoms with E-state index in [9.17, 15) is 9.59 Å². The first-order valence-corrected chi connectivity index (χ1v) is 6.47. The van der Waals surface area contributed by atoms with E-state index in [0.29, 0.717) is 25.6 Å². The number of nitrogens with zero attached hydrogens (tertiary/aromatic N) is 1. The van der Waals surface area contributed by atoms with Gasteiger partial charge in [0, 0.05) is 31.7 Å². The van der Waals surface area contributed by atoms with E-state index in [0.717, 1.165) is 6.54 Å². The summed E-state index contributed by atoms with van der Waals surface area (Å²) in [5.74, 6) is -2.00. The Hall–Kier alpha value is -1.14. The predicted octanol–water partition coefficient (Wildman–Crippen LogP) is -0.0118. The molecule has 0 radical (unpaired) electrons. The van der Waals surface area contributed by atoms with Crippen molar-refractivity contribution in [2.45, 2.75) is 37.8 Å². The summed E-state index contributed by atoms with van der Waals surface area (Å²) in [6.07, 6.45) is 3.06. The monoisotopic (exact) mass is 256 g/mol. The number of carboxylic acids is 2. The number of carboxylic acid groups (broad SMARTS) is 2. The Kier molecular flexibility index (Phi) is 4.19. The molecule has 0 bridgehead atoms. The lowest BCUT2D eigenvalue weighted by molar-refractivity contribution is -0.144. The highest BCUT2D eigenvalue weighted by molar-refractivity contribution is 5.70. The second-order valence-corrected chi connectivity index (χ2v) is 5.31. The minimum Gasteiger partial charge on any atom is -0.481 e. The molecule has 0 amide bonds. The van der Waals surface area contributed by atoms with Crippen LogP contribution >= 0.6 is 0 Å². The zero-order valence-electron chi connectivity index (χ0n) is 10.3. The molecule has 0 spiro atoms. The number of hydrogen-bond acceptors (Lipinski definition) is 4. The fourth-order valence-corrected chi connectivity index (χ4v) is 2.51. The maximum absolute atomic E-state index is 11.1. The molecule has 1 saturated carbocycles. The van der Waals surface area contributed by atoms with Crippen LogP contribution in [0.25, 0.3) is 0 Å². The number of nitrogens with one attached hydrogen (secondary N) is 1. The van der Waals surface area contributed by atoms with Crippen LogP contribution in [-0.4, -0.2) is 58.8 Å². The summed E-state index contributed by atoms with van der Waals surface area (Å²) < 4.78 is 0. The second-order valence-electron chi connectivity index (χ2n) is 5.31. The van der Waals surface area contributed by atoms with Crippen molar-refractivity contribution in [2.24, 2.45) is 5.92 Å². The lowest BCUT2D eigenvalue weighted by atomic mass is 9.94. The molecule has 0 aromatic heterocycles. The van der Waals surface area contributed by atoms with Crippen LogP contribution in [0.1, 0.15) is 25.7 Å². The predicted molar refractivity (Wildman–Crippen MR) is 64.4 cm³/mol. The van der Waals surface area contributed by atoms with E-state index in [1.54, 1.807) is 0 Å². The van der Waals surface area contributed by atoms with Crippen LogP contribution in [0.3, 0.4) is 0 Å². The molecule has 6 nitrogen and oxygen atoms in total. The maximum atomic E-state index is 11.1. The number of rotatable bonds is 6. The Bertz CT molecular complexity index is 330. The molecular formula is C12H20N2O4. The van der Waals surface area contributed by atoms with E-state index < -0.39 is 11.9 Å². The van der Waals surface area contributed by atoms with Crippen molar-refractivity contribution in [3.05, 3.63) is 0 Å². The molecule has 6 heteroatoms. The SMILES string of the molecule is O=C(O)CCN1CC(NC2CC2)CC(C(=O)O)C1. The zero-order valence-corrected chi connectivity index (χ0v) is 10.3. The number of likely N-dealkylation sites (tertiary alicyclic amines) is 1. The standard InChI is InChI=1S/C12H20N2O4/c15-11(16)3-4-14-6-8(12(17)18)5-10(7-14)13-9-1-2-9/h8-10,13H,1-7H2,(H,15,16)(H,17,18). The number of hydrogen-bond donors (Lipinski definition) is 3. The highest BCUT2D eigenvalue weighted by atomic mass is 16.4. The lowest BCUT2D eigenvalue weighted by Gasteiger charge is -2.36. The van der Waals surface area contributed by atoms with Gasteiger partial charge in [-0.25, -0.2) is 0 Å². The summed E-state index contributed by atoms with van der Waals surface area (Å²) in [5.41, 5.74) is 0. The van der Waals surface area contributed by atoms with Crippen LogP contribution < -0.4 is 5.32 Å². The molecule has 1 aliphatic carbocycles. The van der Waals surface area contributed by atoms with E-state index >= 15 is 0 Å². The molecule has 2 unspecified atom stereocenters. The Labute approximate surface area is 106 Å². The average molecular weight is 256 g/mol. The molecule has 2 atom stereocenters. The third kappa shape index (κ3) is 3.96. The number of aliphatic carboxylic acids is 2. The summed E-state index contributed by atoms with van der Waals surface area (Å²) in [6, 6.07) is 0.727. The molecule has 0 aromatic rings. The lowest BCUT2D eigenvalue weighted by Crippen LogP contribution is -2.51. The highest BCUT2D eigenvalue weighted by Gasteiger charge is 2.34. The summed E-state index contributed by atoms with van der Waals surface area (Å²) in [6.45, 7) is 1.65. The Balaban J connectivity index is 1.87. The molecule has 1 aliphatic heterocycles. The normalized spacial score (nSPS) is 29.1. The zero-order chi connectivity index (χ0) is 13.1. The molecule has 2 rings (SSSR count). The minimum absolute atomic E-state index is 0.0719. The van der Waals surface area contributed by atoms with Gasteiger partial charge >= 0.3 is 11.9 Å². The van der Waals surface area contributed by atoms with Crippen molar-refractivity contribution >= 4 is 11.9 Å². The summed E-state index contributed by atoms with van der Waals surface area (Å²) in [7, 11) is 0. The number of carbonyl (C=O) groups is 2. The van der Waals surface area contributed by atoms with Crippen molar-refractivity contribution in [1.82, 2.24) is 10.2 Å². The van der Waals surface area contributed by atoms with E-state index in [-0.39, 0.29) is 18.4 Å². The van der Waals surface area contributed by atoms with Gasteiger partial charge in [0.25, 0.3) is 0 Å². The molecule has 1 saturated heterocycles. The van der Waals surface area contributed by atoms with Gasteiger partial charge < -0.3 is 20.4 Å². The smallest absolute Gasteiger partial charge is 0.307 e. The topological polar surface area (TPSA) is 89.9 Å². The quantitative estimate of drug-likeness (QED) is 0.619. The third-order valence-corrected chi connectivity index (χ3v) is 3.57. The first kappa shape index (κ1) is 13.3. The van der Waals surface area contributed by atoms with Crippen LogP contribution in [0, 0.1) is 5.92 Å². The van der Waals surface area contributed by atoms with Crippen LogP contribution in [0.4, 0.5) is 0 Å². The van der Waals surface area contributed by atoms with Crippen molar-refractivity contribution in [1.29, 1.82) is 0 Å². The van der Waals surface area contributed by atoms with Crippen LogP contribution in [0.2, 0.25) is 0 Å². The van der Waals surface area contributed by atoms with Gasteiger partial charge in [-0.1, -0.05) is 0 Å². The van der Waals surface area contributed by atoms with Gasteiger partial charge in [0.1, 0.15) is 0 Å². The van der Waals surface area contributed by atoms with Crippen LogP contribution in [0.5, 0.6) is 0 Å². The third-order valence-electron chi connectivity index (χ3n) is 3.57. The van der Waals surface area contributed by atoms with Gasteiger partial charge in [-0.05, 0) is 19.3 Å². The molecule has 2 aliphatic rings. The summed E-state index contributed by atoms with van der Waals surface area (Å²) >= 11 is 0. The van der Waals surface area contributed by atoms with Gasteiger partial charge in [0.15, 0.2) is 0 Å². The minimum atomic E-state index is -0.834. The molecule has 102 valence electrons. The van der Waals surface area contributed by atoms with E-state index in [1.165, 1.54) is 12.8 Å². The second kappa shape index (κ2) is 5.67. The van der Waals surface area contributed by atoms with Gasteiger partial charge in [0.05, 0.1) is 12.3 Å². The molecule has 0 aromatic carbocycles. The molecule has 18 heavy (non-hydrogen) atoms. The largest absolute Gasteiger partial charge is 0.481 e. The van der Waals surface area contributed by atoms with Crippen molar-refractivity contribution in [3.8, 4) is 0 Å². The van der Waals surface area contributed by atoms with E-state index in [4.69, 9.17) is 10.2 Å². The van der Waals surface area contributed by atoms with Gasteiger partial charge in [-0.3, -0.25) is 9.59 Å². The maximum Gasteiger partial charge on any atom is 0.307 e. The first-order chi connectivity index (χ1) is 8.54. The van der Waals surface area contributed by atoms with Gasteiger partial charge in [-0.2, -0.15) is 0 Å². The highest BCUT2D eigenvalue weighted by Crippen LogP contribution is 2.24. The summed E-state index contributed by atoms with van der Waals surface area (Å²) in [4.78, 5) is 23.6. The number of piperidine rings is 1. The Morgan fingerprint density at radius 1 is 1.17 bits per heavy atom. The Morgan fingerprint density at radius 3 is 2.44 bits per heavy atom. The van der Waals surface area contributed by atoms with Crippen molar-refractivity contribution in [3.63, 3.8) is 0 Å². The van der Waals surface area contributed by atoms with Gasteiger partial charge in [0.2, 0.25) is 0 Å². The summed E-state index contributed by atoms with van der Waals surface area (Å²) in [5, 5.41) is 21.3. The molecule has 1 heterocycles. The average Bonchev–Trinajstić information content (AvgIpc) is 3.10. The van der Waals surface area contributed by atoms with Crippen LogP contribution in [0.15, 0.2) is 0 Å². The van der Waals surface area contributed by atoms with Crippen molar-refractivity contribution < 1.29 is 19.8 Å². The van der Waals surface area contributed by atoms with E-state index in [1.807, 2.05) is 4.90 Å². The van der Waals surface area contributed by atoms with Crippen molar-refractivity contribution in [2.75, 3.05) is 19.6 Å². The van der Waals surface area contributed by atoms with Gasteiger partial charge in [-0.15, -0.1) is 0 Å². The Morgan fingerprint density at radius 2 is 1.89 bits per heavy atom. The molecule has 3 N–H and O–H groups in total.